The van der Waals surface area contributed by atoms with Gasteiger partial charge in [-0.2, -0.15) is 0 Å². The fourth-order valence-electron chi connectivity index (χ4n) is 2.84. The van der Waals surface area contributed by atoms with E-state index in [0.29, 0.717) is 0 Å². The second-order valence-corrected chi connectivity index (χ2v) is 7.81. The molecule has 1 heterocycles. The fourth-order valence-corrected chi connectivity index (χ4v) is 2.84. The van der Waals surface area contributed by atoms with Gasteiger partial charge in [-0.15, -0.1) is 0 Å². The lowest BCUT2D eigenvalue weighted by molar-refractivity contribution is -0.524. The van der Waals surface area contributed by atoms with Crippen molar-refractivity contribution in [2.45, 2.75) is 45.3 Å². The molecule has 31 heavy (non-hydrogen) atoms. The fraction of sp³-hybridized carbons (Fsp3) is 0.409. The molecule has 1 amide bonds. The third kappa shape index (κ3) is 10.7. The molecule has 1 aliphatic rings. The summed E-state index contributed by atoms with van der Waals surface area (Å²) >= 11 is 0. The minimum absolute atomic E-state index is 0.0555. The van der Waals surface area contributed by atoms with Crippen LogP contribution in [0.1, 0.15) is 38.8 Å². The highest BCUT2D eigenvalue weighted by molar-refractivity contribution is 6.41. The predicted octanol–water partition coefficient (Wildman–Crippen LogP) is 2.21. The van der Waals surface area contributed by atoms with Crippen LogP contribution in [0.5, 0.6) is 0 Å². The summed E-state index contributed by atoms with van der Waals surface area (Å²) in [5, 5.41) is 33.9. The van der Waals surface area contributed by atoms with Gasteiger partial charge in [-0.25, -0.2) is 0 Å². The number of carbonyl (C=O) groups is 1. The Bertz CT molecular complexity index is 733. The van der Waals surface area contributed by atoms with Crippen LogP contribution in [0.4, 0.5) is 0 Å². The molecule has 1 saturated heterocycles. The summed E-state index contributed by atoms with van der Waals surface area (Å²) in [4.78, 5) is 22.7. The summed E-state index contributed by atoms with van der Waals surface area (Å²) in [5.41, 5.74) is 0.747. The molecule has 168 valence electrons. The maximum atomic E-state index is 11.9. The van der Waals surface area contributed by atoms with Gasteiger partial charge in [0.25, 0.3) is 0 Å². The van der Waals surface area contributed by atoms with Crippen molar-refractivity contribution < 1.29 is 19.8 Å². The van der Waals surface area contributed by atoms with Crippen molar-refractivity contribution in [2.75, 3.05) is 6.44 Å². The molecule has 8 nitrogen and oxygen atoms in total. The van der Waals surface area contributed by atoms with Gasteiger partial charge in [-0.3, -0.25) is 20.2 Å². The molecule has 0 bridgehead atoms. The first-order valence-corrected chi connectivity index (χ1v) is 10.3. The second-order valence-electron chi connectivity index (χ2n) is 7.81. The van der Waals surface area contributed by atoms with E-state index in [9.17, 15) is 14.9 Å². The normalized spacial score (nSPS) is 19.4. The molecule has 0 spiro atoms. The largest absolute Gasteiger partial charge is 0.472 e. The number of hydrogen-bond donors (Lipinski definition) is 4. The van der Waals surface area contributed by atoms with E-state index in [1.165, 1.54) is 0 Å². The molecule has 3 atom stereocenters. The highest BCUT2D eigenvalue weighted by Crippen LogP contribution is 2.29. The first kappa shape index (κ1) is 26.3. The predicted molar refractivity (Wildman–Crippen MR) is 122 cm³/mol. The van der Waals surface area contributed by atoms with Gasteiger partial charge in [0, 0.05) is 11.3 Å². The highest BCUT2D eigenvalue weighted by atomic mass is 16.6. The van der Waals surface area contributed by atoms with Crippen LogP contribution in [0, 0.1) is 16.0 Å². The van der Waals surface area contributed by atoms with Crippen molar-refractivity contribution >= 4 is 13.0 Å². The van der Waals surface area contributed by atoms with E-state index < -0.39 is 36.1 Å². The van der Waals surface area contributed by atoms with E-state index in [1.54, 1.807) is 24.3 Å². The topological polar surface area (TPSA) is 125 Å². The monoisotopic (exact) mass is 429 g/mol. The van der Waals surface area contributed by atoms with Crippen molar-refractivity contribution in [3.05, 3.63) is 82.4 Å². The molecule has 0 aliphatic carbocycles. The molecule has 9 heteroatoms. The molecule has 4 N–H and O–H groups in total. The molecule has 0 saturated carbocycles. The first-order chi connectivity index (χ1) is 14.7. The van der Waals surface area contributed by atoms with Crippen LogP contribution in [0.25, 0.3) is 0 Å². The van der Waals surface area contributed by atoms with Crippen LogP contribution in [0.15, 0.2) is 66.7 Å². The van der Waals surface area contributed by atoms with Crippen molar-refractivity contribution in [1.29, 1.82) is 0 Å². The van der Waals surface area contributed by atoms with E-state index in [2.05, 4.69) is 31.4 Å². The maximum Gasteiger partial charge on any atom is 0.472 e. The van der Waals surface area contributed by atoms with Crippen molar-refractivity contribution in [3.8, 4) is 0 Å². The third-order valence-corrected chi connectivity index (χ3v) is 4.11. The number of carbonyl (C=O) groups excluding carboxylic acids is 1. The summed E-state index contributed by atoms with van der Waals surface area (Å²) in [6.45, 7) is 6.50. The number of nitrogens with zero attached hydrogens (tertiary/aromatic N) is 1. The van der Waals surface area contributed by atoms with Gasteiger partial charge < -0.3 is 15.4 Å². The summed E-state index contributed by atoms with van der Waals surface area (Å²) in [5.74, 6) is 0.355. The Hall–Kier alpha value is -2.75. The molecule has 1 fully saturated rings. The second kappa shape index (κ2) is 14.3. The molecular formula is C22H32BN3O5. The Morgan fingerprint density at radius 2 is 1.55 bits per heavy atom. The number of nitro groups is 1. The number of rotatable bonds is 5. The standard InChI is InChI=1S/C12H16BN3O5.C6H6.C4H10/c17-12(14-7-13(18)19)9-6-10(16(20)21)11(15-9)8-4-2-1-3-5-8;1-2-4-6-5-3-1;1-4(2)3/h1-5,9-11,15,18-19H,6-7H2,(H,14,17);1-6H;4H,1-3H3. The van der Waals surface area contributed by atoms with Gasteiger partial charge in [0.2, 0.25) is 11.9 Å². The van der Waals surface area contributed by atoms with Crippen LogP contribution in [-0.4, -0.2) is 46.5 Å². The number of hydrogen-bond acceptors (Lipinski definition) is 6. The van der Waals surface area contributed by atoms with Crippen LogP contribution in [0.3, 0.4) is 0 Å². The SMILES string of the molecule is CC(C)C.O=C(NCB(O)O)C1CC([N+](=O)[O-])C(c2ccccc2)N1.c1ccccc1. The summed E-state index contributed by atoms with van der Waals surface area (Å²) in [6, 6.07) is 18.7. The van der Waals surface area contributed by atoms with E-state index >= 15 is 0 Å². The van der Waals surface area contributed by atoms with Gasteiger partial charge in [0.1, 0.15) is 6.04 Å². The van der Waals surface area contributed by atoms with Crippen molar-refractivity contribution in [1.82, 2.24) is 10.6 Å². The average Bonchev–Trinajstić information content (AvgIpc) is 3.20. The van der Waals surface area contributed by atoms with Gasteiger partial charge in [0.15, 0.2) is 0 Å². The zero-order valence-electron chi connectivity index (χ0n) is 18.2. The number of amides is 1. The minimum Gasteiger partial charge on any atom is -0.426 e. The van der Waals surface area contributed by atoms with E-state index in [1.807, 2.05) is 42.5 Å². The Balaban J connectivity index is 0.000000395. The van der Waals surface area contributed by atoms with Crippen molar-refractivity contribution in [3.63, 3.8) is 0 Å². The van der Waals surface area contributed by atoms with Gasteiger partial charge in [-0.05, 0) is 11.5 Å². The summed E-state index contributed by atoms with van der Waals surface area (Å²) < 4.78 is 0. The zero-order chi connectivity index (χ0) is 23.2. The molecule has 2 aromatic rings. The molecule has 1 aliphatic heterocycles. The van der Waals surface area contributed by atoms with Crippen LogP contribution in [0.2, 0.25) is 0 Å². The van der Waals surface area contributed by atoms with Gasteiger partial charge in [-0.1, -0.05) is 87.5 Å². The number of nitrogens with one attached hydrogen (secondary N) is 2. The third-order valence-electron chi connectivity index (χ3n) is 4.11. The maximum absolute atomic E-state index is 11.9. The lowest BCUT2D eigenvalue weighted by Crippen LogP contribution is -2.44. The van der Waals surface area contributed by atoms with E-state index in [0.717, 1.165) is 11.5 Å². The molecule has 3 rings (SSSR count). The molecule has 2 aromatic carbocycles. The van der Waals surface area contributed by atoms with Gasteiger partial charge >= 0.3 is 7.12 Å². The quantitative estimate of drug-likeness (QED) is 0.328. The Morgan fingerprint density at radius 3 is 1.97 bits per heavy atom. The Morgan fingerprint density at radius 1 is 1.10 bits per heavy atom. The lowest BCUT2D eigenvalue weighted by Gasteiger charge is -2.14. The Labute approximate surface area is 184 Å². The van der Waals surface area contributed by atoms with Crippen molar-refractivity contribution in [2.24, 2.45) is 5.92 Å². The van der Waals surface area contributed by atoms with E-state index in [4.69, 9.17) is 10.0 Å². The van der Waals surface area contributed by atoms with Crippen LogP contribution in [-0.2, 0) is 4.79 Å². The van der Waals surface area contributed by atoms with Gasteiger partial charge in [0.05, 0.1) is 12.5 Å². The molecular weight excluding hydrogens is 397 g/mol. The molecule has 3 unspecified atom stereocenters. The van der Waals surface area contributed by atoms with E-state index in [-0.39, 0.29) is 12.9 Å². The summed E-state index contributed by atoms with van der Waals surface area (Å²) in [7, 11) is -1.65. The minimum atomic E-state index is -1.65. The zero-order valence-corrected chi connectivity index (χ0v) is 18.2. The van der Waals surface area contributed by atoms with Crippen LogP contribution >= 0.6 is 0 Å². The average molecular weight is 429 g/mol. The van der Waals surface area contributed by atoms with Crippen LogP contribution < -0.4 is 10.6 Å². The molecule has 0 radical (unpaired) electrons. The Kier molecular flexibility index (Phi) is 12.1. The molecule has 0 aromatic heterocycles. The smallest absolute Gasteiger partial charge is 0.426 e. The number of benzene rings is 2. The highest BCUT2D eigenvalue weighted by Gasteiger charge is 2.45. The summed E-state index contributed by atoms with van der Waals surface area (Å²) in [6.07, 6.45) is -0.254. The lowest BCUT2D eigenvalue weighted by atomic mass is 9.92. The first-order valence-electron chi connectivity index (χ1n) is 10.3.